The fraction of sp³-hybridized carbons (Fsp3) is 0.304. The lowest BCUT2D eigenvalue weighted by atomic mass is 10.1. The molecule has 3 rings (SSSR count). The molecule has 0 fully saturated rings. The number of carbonyl (C=O) groups excluding carboxylic acids is 1. The van der Waals surface area contributed by atoms with Crippen molar-refractivity contribution in [1.29, 1.82) is 0 Å². The van der Waals surface area contributed by atoms with E-state index in [1.807, 2.05) is 44.4 Å². The van der Waals surface area contributed by atoms with Crippen LogP contribution in [0.4, 0.5) is 0 Å². The Balaban J connectivity index is 2.18. The Hall–Kier alpha value is -2.53. The largest absolute Gasteiger partial charge is 0.494 e. The fourth-order valence-corrected chi connectivity index (χ4v) is 4.10. The SMILES string of the molecule is CCOC(=O)c1cc2c(C)[n+](-c3ccc(OCC)cc3)c(C)c-2ccc1SC. The second kappa shape index (κ2) is 8.65. The van der Waals surface area contributed by atoms with Crippen LogP contribution in [0.2, 0.25) is 0 Å². The van der Waals surface area contributed by atoms with Crippen LogP contribution >= 0.6 is 11.8 Å². The highest BCUT2D eigenvalue weighted by Gasteiger charge is 2.28. The van der Waals surface area contributed by atoms with Crippen LogP contribution in [0.5, 0.6) is 5.75 Å². The summed E-state index contributed by atoms with van der Waals surface area (Å²) in [5, 5.41) is 0. The van der Waals surface area contributed by atoms with Gasteiger partial charge >= 0.3 is 5.97 Å². The lowest BCUT2D eigenvalue weighted by Gasteiger charge is -2.04. The van der Waals surface area contributed by atoms with Crippen molar-refractivity contribution in [3.8, 4) is 22.6 Å². The Kier molecular flexibility index (Phi) is 6.25. The van der Waals surface area contributed by atoms with Crippen molar-refractivity contribution in [3.63, 3.8) is 0 Å². The molecule has 1 heterocycles. The Bertz CT molecular complexity index is 967. The van der Waals surface area contributed by atoms with Crippen molar-refractivity contribution >= 4 is 17.7 Å². The van der Waals surface area contributed by atoms with Gasteiger partial charge in [-0.3, -0.25) is 0 Å². The molecule has 0 saturated carbocycles. The van der Waals surface area contributed by atoms with Gasteiger partial charge in [0.25, 0.3) is 0 Å². The number of fused-ring (bicyclic) bond motifs is 1. The maximum atomic E-state index is 12.5. The maximum Gasteiger partial charge on any atom is 0.339 e. The van der Waals surface area contributed by atoms with Gasteiger partial charge in [-0.15, -0.1) is 11.8 Å². The molecule has 0 atom stereocenters. The van der Waals surface area contributed by atoms with Crippen molar-refractivity contribution in [1.82, 2.24) is 0 Å². The minimum Gasteiger partial charge on any atom is -0.494 e. The summed E-state index contributed by atoms with van der Waals surface area (Å²) in [5.41, 5.74) is 6.07. The second-order valence-electron chi connectivity index (χ2n) is 6.44. The number of thioether (sulfide) groups is 1. The van der Waals surface area contributed by atoms with Gasteiger partial charge in [0.15, 0.2) is 11.4 Å². The first kappa shape index (κ1) is 20.2. The second-order valence-corrected chi connectivity index (χ2v) is 7.29. The minimum atomic E-state index is -0.282. The lowest BCUT2D eigenvalue weighted by Crippen LogP contribution is -2.34. The molecule has 0 radical (unpaired) electrons. The highest BCUT2D eigenvalue weighted by molar-refractivity contribution is 7.98. The Morgan fingerprint density at radius 3 is 2.25 bits per heavy atom. The third-order valence-corrected chi connectivity index (χ3v) is 5.61. The first-order valence-electron chi connectivity index (χ1n) is 9.45. The average Bonchev–Trinajstić information content (AvgIpc) is 2.84. The molecule has 0 bridgehead atoms. The molecule has 146 valence electrons. The molecule has 0 amide bonds. The van der Waals surface area contributed by atoms with Gasteiger partial charge in [0.2, 0.25) is 5.69 Å². The van der Waals surface area contributed by atoms with Crippen LogP contribution < -0.4 is 9.30 Å². The van der Waals surface area contributed by atoms with Gasteiger partial charge in [0, 0.05) is 30.9 Å². The highest BCUT2D eigenvalue weighted by atomic mass is 32.2. The summed E-state index contributed by atoms with van der Waals surface area (Å²) < 4.78 is 13.1. The fourth-order valence-electron chi connectivity index (χ4n) is 3.53. The lowest BCUT2D eigenvalue weighted by molar-refractivity contribution is -0.604. The van der Waals surface area contributed by atoms with Crippen molar-refractivity contribution in [2.24, 2.45) is 0 Å². The normalized spacial score (nSPS) is 10.9. The monoisotopic (exact) mass is 396 g/mol. The molecular weight excluding hydrogens is 370 g/mol. The molecule has 1 aromatic carbocycles. The van der Waals surface area contributed by atoms with Crippen LogP contribution in [0, 0.1) is 13.8 Å². The summed E-state index contributed by atoms with van der Waals surface area (Å²) in [6.07, 6.45) is 1.97. The van der Waals surface area contributed by atoms with Gasteiger partial charge in [0.05, 0.1) is 29.9 Å². The van der Waals surface area contributed by atoms with Gasteiger partial charge in [-0.1, -0.05) is 0 Å². The maximum absolute atomic E-state index is 12.5. The predicted molar refractivity (Wildman–Crippen MR) is 113 cm³/mol. The molecule has 0 aromatic heterocycles. The Morgan fingerprint density at radius 2 is 1.64 bits per heavy atom. The molecule has 1 aliphatic carbocycles. The van der Waals surface area contributed by atoms with Crippen molar-refractivity contribution in [2.45, 2.75) is 32.6 Å². The molecule has 0 spiro atoms. The molecule has 2 aliphatic rings. The van der Waals surface area contributed by atoms with Crippen LogP contribution in [0.3, 0.4) is 0 Å². The van der Waals surface area contributed by atoms with E-state index >= 15 is 0 Å². The summed E-state index contributed by atoms with van der Waals surface area (Å²) in [7, 11) is 0. The predicted octanol–water partition coefficient (Wildman–Crippen LogP) is 4.98. The number of nitrogens with zero attached hydrogens (tertiary/aromatic N) is 1. The smallest absolute Gasteiger partial charge is 0.339 e. The number of hydrogen-bond donors (Lipinski definition) is 0. The number of ether oxygens (including phenoxy) is 2. The number of carbonyl (C=O) groups is 1. The van der Waals surface area contributed by atoms with Crippen LogP contribution in [0.1, 0.15) is 35.6 Å². The summed E-state index contributed by atoms with van der Waals surface area (Å²) >= 11 is 1.55. The topological polar surface area (TPSA) is 39.4 Å². The zero-order valence-corrected chi connectivity index (χ0v) is 17.9. The number of rotatable bonds is 6. The number of esters is 1. The molecule has 0 N–H and O–H groups in total. The number of hydrogen-bond acceptors (Lipinski definition) is 4. The quantitative estimate of drug-likeness (QED) is 0.335. The van der Waals surface area contributed by atoms with Gasteiger partial charge in [0.1, 0.15) is 5.75 Å². The number of benzene rings is 1. The molecule has 0 unspecified atom stereocenters. The van der Waals surface area contributed by atoms with Crippen LogP contribution in [0.25, 0.3) is 16.8 Å². The van der Waals surface area contributed by atoms with E-state index in [0.717, 1.165) is 38.8 Å². The van der Waals surface area contributed by atoms with E-state index in [1.54, 1.807) is 11.8 Å². The first-order chi connectivity index (χ1) is 13.5. The average molecular weight is 397 g/mol. The third-order valence-electron chi connectivity index (χ3n) is 4.82. The van der Waals surface area contributed by atoms with Gasteiger partial charge < -0.3 is 9.47 Å². The van der Waals surface area contributed by atoms with Gasteiger partial charge in [-0.05, 0) is 50.4 Å². The van der Waals surface area contributed by atoms with Crippen molar-refractivity contribution < 1.29 is 18.8 Å². The Morgan fingerprint density at radius 1 is 0.964 bits per heavy atom. The summed E-state index contributed by atoms with van der Waals surface area (Å²) in [4.78, 5) is 13.4. The van der Waals surface area contributed by atoms with E-state index in [1.165, 1.54) is 0 Å². The molecule has 4 nitrogen and oxygen atoms in total. The van der Waals surface area contributed by atoms with Crippen molar-refractivity contribution in [2.75, 3.05) is 19.5 Å². The zero-order chi connectivity index (χ0) is 20.3. The number of aromatic nitrogens is 1. The van der Waals surface area contributed by atoms with E-state index in [4.69, 9.17) is 9.47 Å². The first-order valence-corrected chi connectivity index (χ1v) is 10.7. The van der Waals surface area contributed by atoms with Crippen LogP contribution in [-0.2, 0) is 4.74 Å². The van der Waals surface area contributed by atoms with E-state index in [0.29, 0.717) is 18.8 Å². The van der Waals surface area contributed by atoms with Crippen LogP contribution in [0.15, 0.2) is 47.4 Å². The van der Waals surface area contributed by atoms with Gasteiger partial charge in [-0.2, -0.15) is 4.57 Å². The summed E-state index contributed by atoms with van der Waals surface area (Å²) in [6, 6.07) is 14.2. The third kappa shape index (κ3) is 3.72. The van der Waals surface area contributed by atoms with Gasteiger partial charge in [-0.25, -0.2) is 4.79 Å². The highest BCUT2D eigenvalue weighted by Crippen LogP contribution is 2.33. The molecular formula is C23H26NO3S+. The summed E-state index contributed by atoms with van der Waals surface area (Å²) in [6.45, 7) is 9.00. The summed E-state index contributed by atoms with van der Waals surface area (Å²) in [5.74, 6) is 0.578. The molecule has 0 saturated heterocycles. The molecule has 1 aromatic rings. The van der Waals surface area contributed by atoms with E-state index in [9.17, 15) is 4.79 Å². The van der Waals surface area contributed by atoms with E-state index in [2.05, 4.69) is 36.6 Å². The zero-order valence-electron chi connectivity index (χ0n) is 17.0. The minimum absolute atomic E-state index is 0.282. The van der Waals surface area contributed by atoms with Crippen LogP contribution in [-0.4, -0.2) is 25.4 Å². The van der Waals surface area contributed by atoms with E-state index < -0.39 is 0 Å². The molecule has 1 aliphatic heterocycles. The molecule has 28 heavy (non-hydrogen) atoms. The molecule has 5 heteroatoms. The Labute approximate surface area is 170 Å². The van der Waals surface area contributed by atoms with Crippen molar-refractivity contribution in [3.05, 3.63) is 59.4 Å². The van der Waals surface area contributed by atoms with E-state index in [-0.39, 0.29) is 5.97 Å². The standard InChI is InChI=1S/C23H26NO3S/c1-6-26-18-10-8-17(9-11-18)24-15(3)19-12-13-22(28-5)21(23(25)27-7-2)14-20(19)16(24)4/h8-14H,6-7H2,1-5H3/q+1.